The molecule has 0 heterocycles. The lowest BCUT2D eigenvalue weighted by atomic mass is 10.0. The Morgan fingerprint density at radius 3 is 2.53 bits per heavy atom. The summed E-state index contributed by atoms with van der Waals surface area (Å²) in [6.45, 7) is 4.19. The van der Waals surface area contributed by atoms with Crippen LogP contribution in [0.5, 0.6) is 5.75 Å². The van der Waals surface area contributed by atoms with Gasteiger partial charge in [0.1, 0.15) is 11.9 Å². The number of hydrogen-bond donors (Lipinski definition) is 0. The van der Waals surface area contributed by atoms with Crippen molar-refractivity contribution in [2.24, 2.45) is 0 Å². The smallest absolute Gasteiger partial charge is 0.124 e. The van der Waals surface area contributed by atoms with Crippen molar-refractivity contribution in [3.05, 3.63) is 47.2 Å². The Balaban J connectivity index is 2.04. The Bertz CT molecular complexity index is 394. The minimum atomic E-state index is 0.191. The summed E-state index contributed by atoms with van der Waals surface area (Å²) in [5.74, 6) is 0.947. The van der Waals surface area contributed by atoms with Crippen molar-refractivity contribution in [2.75, 3.05) is 0 Å². The van der Waals surface area contributed by atoms with Gasteiger partial charge < -0.3 is 4.74 Å². The first-order chi connectivity index (χ1) is 7.24. The first-order valence-electron chi connectivity index (χ1n) is 5.40. The zero-order valence-corrected chi connectivity index (χ0v) is 9.29. The molecule has 2 rings (SSSR count). The van der Waals surface area contributed by atoms with Gasteiger partial charge in [-0.05, 0) is 50.5 Å². The average molecular weight is 200 g/mol. The SMILES string of the molecule is CC1=C=CC(Oc2ccc(C)cc2)CC1. The fraction of sp³-hybridized carbons (Fsp3) is 0.357. The summed E-state index contributed by atoms with van der Waals surface area (Å²) in [5.41, 5.74) is 5.81. The molecule has 0 aromatic heterocycles. The second-order valence-electron chi connectivity index (χ2n) is 4.10. The zero-order chi connectivity index (χ0) is 10.7. The topological polar surface area (TPSA) is 9.23 Å². The Hall–Kier alpha value is -1.46. The van der Waals surface area contributed by atoms with Crippen LogP contribution in [0.15, 0.2) is 41.6 Å². The van der Waals surface area contributed by atoms with Gasteiger partial charge in [-0.3, -0.25) is 0 Å². The van der Waals surface area contributed by atoms with E-state index in [1.807, 2.05) is 18.2 Å². The zero-order valence-electron chi connectivity index (χ0n) is 9.29. The molecule has 0 bridgehead atoms. The molecule has 1 nitrogen and oxygen atoms in total. The molecule has 1 aliphatic carbocycles. The van der Waals surface area contributed by atoms with Crippen molar-refractivity contribution in [2.45, 2.75) is 32.8 Å². The summed E-state index contributed by atoms with van der Waals surface area (Å²) in [4.78, 5) is 0. The third-order valence-corrected chi connectivity index (χ3v) is 2.63. The van der Waals surface area contributed by atoms with Crippen LogP contribution in [0.3, 0.4) is 0 Å². The van der Waals surface area contributed by atoms with Crippen LogP contribution < -0.4 is 4.74 Å². The minimum Gasteiger partial charge on any atom is -0.486 e. The van der Waals surface area contributed by atoms with Gasteiger partial charge in [-0.25, -0.2) is 0 Å². The molecule has 0 saturated carbocycles. The quantitative estimate of drug-likeness (QED) is 0.662. The largest absolute Gasteiger partial charge is 0.486 e. The van der Waals surface area contributed by atoms with Crippen molar-refractivity contribution >= 4 is 0 Å². The lowest BCUT2D eigenvalue weighted by Crippen LogP contribution is -2.15. The van der Waals surface area contributed by atoms with Crippen LogP contribution in [0, 0.1) is 6.92 Å². The van der Waals surface area contributed by atoms with Gasteiger partial charge in [-0.15, -0.1) is 5.73 Å². The van der Waals surface area contributed by atoms with Crippen LogP contribution >= 0.6 is 0 Å². The number of ether oxygens (including phenoxy) is 1. The summed E-state index contributed by atoms with van der Waals surface area (Å²) < 4.78 is 5.83. The van der Waals surface area contributed by atoms with E-state index in [1.165, 1.54) is 11.1 Å². The summed E-state index contributed by atoms with van der Waals surface area (Å²) in [6, 6.07) is 8.19. The standard InChI is InChI=1S/C14H16O/c1-11-3-7-13(8-4-11)15-14-9-5-12(2)6-10-14/h3-4,7-8,10,14H,5,9H2,1-2H3. The average Bonchev–Trinajstić information content (AvgIpc) is 2.25. The molecule has 78 valence electrons. The van der Waals surface area contributed by atoms with E-state index in [1.54, 1.807) is 0 Å². The third-order valence-electron chi connectivity index (χ3n) is 2.63. The highest BCUT2D eigenvalue weighted by Crippen LogP contribution is 2.19. The molecule has 0 amide bonds. The van der Waals surface area contributed by atoms with Crippen LogP contribution in [0.4, 0.5) is 0 Å². The Labute approximate surface area is 91.1 Å². The molecule has 1 heteroatoms. The highest BCUT2D eigenvalue weighted by molar-refractivity contribution is 5.27. The van der Waals surface area contributed by atoms with E-state index in [9.17, 15) is 0 Å². The van der Waals surface area contributed by atoms with Crippen LogP contribution in [0.25, 0.3) is 0 Å². The van der Waals surface area contributed by atoms with Gasteiger partial charge in [0.05, 0.1) is 0 Å². The Kier molecular flexibility index (Phi) is 2.94. The maximum absolute atomic E-state index is 5.83. The van der Waals surface area contributed by atoms with Crippen LogP contribution in [0.1, 0.15) is 25.3 Å². The van der Waals surface area contributed by atoms with Gasteiger partial charge in [0.25, 0.3) is 0 Å². The summed E-state index contributed by atoms with van der Waals surface area (Å²) >= 11 is 0. The molecule has 0 spiro atoms. The number of aryl methyl sites for hydroxylation is 1. The first kappa shape index (κ1) is 10.1. The second-order valence-corrected chi connectivity index (χ2v) is 4.10. The van der Waals surface area contributed by atoms with Crippen LogP contribution in [-0.4, -0.2) is 6.10 Å². The van der Waals surface area contributed by atoms with E-state index < -0.39 is 0 Å². The summed E-state index contributed by atoms with van der Waals surface area (Å²) in [6.07, 6.45) is 4.37. The molecule has 1 aliphatic rings. The van der Waals surface area contributed by atoms with E-state index in [2.05, 4.69) is 31.7 Å². The van der Waals surface area contributed by atoms with E-state index in [4.69, 9.17) is 4.74 Å². The number of hydrogen-bond acceptors (Lipinski definition) is 1. The lowest BCUT2D eigenvalue weighted by Gasteiger charge is -2.17. The Morgan fingerprint density at radius 1 is 1.20 bits per heavy atom. The maximum atomic E-state index is 5.83. The molecular formula is C14H16O. The molecule has 1 aromatic carbocycles. The summed E-state index contributed by atoms with van der Waals surface area (Å²) in [5, 5.41) is 0. The van der Waals surface area contributed by atoms with E-state index in [0.29, 0.717) is 0 Å². The third kappa shape index (κ3) is 2.74. The predicted octanol–water partition coefficient (Wildman–Crippen LogP) is 3.64. The molecular weight excluding hydrogens is 184 g/mol. The molecule has 15 heavy (non-hydrogen) atoms. The van der Waals surface area contributed by atoms with Gasteiger partial charge in [0.2, 0.25) is 0 Å². The van der Waals surface area contributed by atoms with Crippen molar-refractivity contribution in [1.29, 1.82) is 0 Å². The predicted molar refractivity (Wildman–Crippen MR) is 62.1 cm³/mol. The summed E-state index contributed by atoms with van der Waals surface area (Å²) in [7, 11) is 0. The molecule has 0 aliphatic heterocycles. The number of benzene rings is 1. The molecule has 0 saturated heterocycles. The molecule has 0 radical (unpaired) electrons. The first-order valence-corrected chi connectivity index (χ1v) is 5.40. The van der Waals surface area contributed by atoms with Crippen molar-refractivity contribution in [3.8, 4) is 5.75 Å². The van der Waals surface area contributed by atoms with E-state index >= 15 is 0 Å². The molecule has 1 unspecified atom stereocenters. The molecule has 1 atom stereocenters. The minimum absolute atomic E-state index is 0.191. The van der Waals surface area contributed by atoms with Crippen molar-refractivity contribution < 1.29 is 4.74 Å². The van der Waals surface area contributed by atoms with Gasteiger partial charge in [-0.2, -0.15) is 0 Å². The van der Waals surface area contributed by atoms with Crippen molar-refractivity contribution in [1.82, 2.24) is 0 Å². The van der Waals surface area contributed by atoms with Gasteiger partial charge >= 0.3 is 0 Å². The molecule has 1 aromatic rings. The molecule has 0 fully saturated rings. The Morgan fingerprint density at radius 2 is 1.93 bits per heavy atom. The van der Waals surface area contributed by atoms with E-state index in [-0.39, 0.29) is 6.10 Å². The second kappa shape index (κ2) is 4.37. The van der Waals surface area contributed by atoms with E-state index in [0.717, 1.165) is 18.6 Å². The molecule has 0 N–H and O–H groups in total. The van der Waals surface area contributed by atoms with Gasteiger partial charge in [0, 0.05) is 0 Å². The van der Waals surface area contributed by atoms with Gasteiger partial charge in [0.15, 0.2) is 0 Å². The highest BCUT2D eigenvalue weighted by Gasteiger charge is 2.10. The normalized spacial score (nSPS) is 19.9. The lowest BCUT2D eigenvalue weighted by molar-refractivity contribution is 0.236. The number of rotatable bonds is 2. The fourth-order valence-corrected chi connectivity index (χ4v) is 1.63. The van der Waals surface area contributed by atoms with Crippen molar-refractivity contribution in [3.63, 3.8) is 0 Å². The van der Waals surface area contributed by atoms with Crippen LogP contribution in [-0.2, 0) is 0 Å². The maximum Gasteiger partial charge on any atom is 0.124 e. The van der Waals surface area contributed by atoms with Crippen LogP contribution in [0.2, 0.25) is 0 Å². The fourth-order valence-electron chi connectivity index (χ4n) is 1.63. The van der Waals surface area contributed by atoms with Gasteiger partial charge in [-0.1, -0.05) is 17.7 Å². The highest BCUT2D eigenvalue weighted by atomic mass is 16.5. The monoisotopic (exact) mass is 200 g/mol.